The molecule has 2 rings (SSSR count). The standard InChI is InChI=1S/C13H8BrF3O2S/c14-12-6-5-10(20-12)7-11(18)8-1-3-9(4-2-8)19-13(15,16)17/h1-6H,7H2. The average molecular weight is 365 g/mol. The highest BCUT2D eigenvalue weighted by Gasteiger charge is 2.31. The number of rotatable bonds is 4. The number of Topliss-reactive ketones (excluding diaryl/α,β-unsaturated/α-hetero) is 1. The summed E-state index contributed by atoms with van der Waals surface area (Å²) in [5, 5.41) is 0. The Kier molecular flexibility index (Phi) is 4.49. The van der Waals surface area contributed by atoms with Crippen LogP contribution in [-0.2, 0) is 6.42 Å². The highest BCUT2D eigenvalue weighted by molar-refractivity contribution is 9.11. The van der Waals surface area contributed by atoms with Crippen LogP contribution >= 0.6 is 27.3 Å². The van der Waals surface area contributed by atoms with Crippen molar-refractivity contribution in [1.82, 2.24) is 0 Å². The van der Waals surface area contributed by atoms with Crippen molar-refractivity contribution in [1.29, 1.82) is 0 Å². The molecule has 1 aromatic carbocycles. The van der Waals surface area contributed by atoms with Crippen molar-refractivity contribution in [3.8, 4) is 5.75 Å². The number of hydrogen-bond acceptors (Lipinski definition) is 3. The first kappa shape index (κ1) is 15.1. The van der Waals surface area contributed by atoms with E-state index in [2.05, 4.69) is 20.7 Å². The third kappa shape index (κ3) is 4.35. The monoisotopic (exact) mass is 364 g/mol. The van der Waals surface area contributed by atoms with Gasteiger partial charge in [-0.15, -0.1) is 24.5 Å². The number of ketones is 1. The van der Waals surface area contributed by atoms with Crippen LogP contribution in [0, 0.1) is 0 Å². The van der Waals surface area contributed by atoms with Gasteiger partial charge < -0.3 is 4.74 Å². The Balaban J connectivity index is 2.04. The molecule has 7 heteroatoms. The molecule has 2 nitrogen and oxygen atoms in total. The lowest BCUT2D eigenvalue weighted by atomic mass is 10.1. The van der Waals surface area contributed by atoms with Crippen LogP contribution in [0.4, 0.5) is 13.2 Å². The summed E-state index contributed by atoms with van der Waals surface area (Å²) in [4.78, 5) is 12.8. The molecule has 20 heavy (non-hydrogen) atoms. The second kappa shape index (κ2) is 5.97. The zero-order valence-corrected chi connectivity index (χ0v) is 12.3. The van der Waals surface area contributed by atoms with E-state index in [1.54, 1.807) is 0 Å². The minimum Gasteiger partial charge on any atom is -0.406 e. The van der Waals surface area contributed by atoms with Gasteiger partial charge in [-0.2, -0.15) is 0 Å². The van der Waals surface area contributed by atoms with Gasteiger partial charge in [0.1, 0.15) is 5.75 Å². The van der Waals surface area contributed by atoms with E-state index in [4.69, 9.17) is 0 Å². The lowest BCUT2D eigenvalue weighted by Crippen LogP contribution is -2.17. The molecule has 0 saturated carbocycles. The zero-order chi connectivity index (χ0) is 14.8. The van der Waals surface area contributed by atoms with E-state index in [1.807, 2.05) is 12.1 Å². The van der Waals surface area contributed by atoms with Crippen LogP contribution in [0.2, 0.25) is 0 Å². The third-order valence-electron chi connectivity index (χ3n) is 2.37. The first-order chi connectivity index (χ1) is 9.33. The molecule has 0 saturated heterocycles. The summed E-state index contributed by atoms with van der Waals surface area (Å²) in [6, 6.07) is 8.58. The van der Waals surface area contributed by atoms with Gasteiger partial charge in [0.2, 0.25) is 0 Å². The van der Waals surface area contributed by atoms with Crippen molar-refractivity contribution in [2.75, 3.05) is 0 Å². The molecule has 0 N–H and O–H groups in total. The van der Waals surface area contributed by atoms with Crippen molar-refractivity contribution in [3.63, 3.8) is 0 Å². The normalized spacial score (nSPS) is 11.4. The third-order valence-corrected chi connectivity index (χ3v) is 4.00. The van der Waals surface area contributed by atoms with E-state index < -0.39 is 6.36 Å². The Morgan fingerprint density at radius 3 is 2.30 bits per heavy atom. The van der Waals surface area contributed by atoms with E-state index in [0.717, 1.165) is 20.8 Å². The summed E-state index contributed by atoms with van der Waals surface area (Å²) in [6.07, 6.45) is -4.51. The van der Waals surface area contributed by atoms with E-state index in [-0.39, 0.29) is 18.0 Å². The highest BCUT2D eigenvalue weighted by atomic mass is 79.9. The maximum Gasteiger partial charge on any atom is 0.573 e. The number of thiophene rings is 1. The second-order valence-electron chi connectivity index (χ2n) is 3.88. The van der Waals surface area contributed by atoms with Gasteiger partial charge in [0.25, 0.3) is 0 Å². The lowest BCUT2D eigenvalue weighted by Gasteiger charge is -2.08. The van der Waals surface area contributed by atoms with Crippen LogP contribution in [0.1, 0.15) is 15.2 Å². The summed E-state index contributed by atoms with van der Waals surface area (Å²) in [6.45, 7) is 0. The van der Waals surface area contributed by atoms with Crippen molar-refractivity contribution in [3.05, 3.63) is 50.6 Å². The van der Waals surface area contributed by atoms with Gasteiger partial charge in [0, 0.05) is 16.9 Å². The SMILES string of the molecule is O=C(Cc1ccc(Br)s1)c1ccc(OC(F)(F)F)cc1. The Bertz CT molecular complexity index is 605. The van der Waals surface area contributed by atoms with Crippen molar-refractivity contribution in [2.24, 2.45) is 0 Å². The smallest absolute Gasteiger partial charge is 0.406 e. The molecule has 0 radical (unpaired) electrons. The molecule has 0 spiro atoms. The fourth-order valence-electron chi connectivity index (χ4n) is 1.55. The predicted octanol–water partition coefficient (Wildman–Crippen LogP) is 4.83. The molecular weight excluding hydrogens is 357 g/mol. The van der Waals surface area contributed by atoms with E-state index in [1.165, 1.54) is 23.5 Å². The maximum atomic E-state index is 12.0. The summed E-state index contributed by atoms with van der Waals surface area (Å²) >= 11 is 4.74. The van der Waals surface area contributed by atoms with E-state index >= 15 is 0 Å². The fourth-order valence-corrected chi connectivity index (χ4v) is 3.03. The summed E-state index contributed by atoms with van der Waals surface area (Å²) in [5.74, 6) is -0.495. The van der Waals surface area contributed by atoms with Crippen LogP contribution in [0.25, 0.3) is 0 Å². The molecule has 0 bridgehead atoms. The van der Waals surface area contributed by atoms with Gasteiger partial charge in [-0.3, -0.25) is 4.79 Å². The first-order valence-corrected chi connectivity index (χ1v) is 7.08. The molecular formula is C13H8BrF3O2S. The minimum atomic E-state index is -4.73. The quantitative estimate of drug-likeness (QED) is 0.726. The minimum absolute atomic E-state index is 0.155. The number of halogens is 4. The molecule has 0 aliphatic carbocycles. The number of benzene rings is 1. The highest BCUT2D eigenvalue weighted by Crippen LogP contribution is 2.25. The largest absolute Gasteiger partial charge is 0.573 e. The van der Waals surface area contributed by atoms with Gasteiger partial charge in [-0.25, -0.2) is 0 Å². The van der Waals surface area contributed by atoms with Gasteiger partial charge >= 0.3 is 6.36 Å². The van der Waals surface area contributed by atoms with Crippen LogP contribution in [0.3, 0.4) is 0 Å². The Hall–Kier alpha value is -1.34. The maximum absolute atomic E-state index is 12.0. The van der Waals surface area contributed by atoms with Crippen molar-refractivity contribution >= 4 is 33.0 Å². The molecule has 1 heterocycles. The Morgan fingerprint density at radius 1 is 1.15 bits per heavy atom. The second-order valence-corrected chi connectivity index (χ2v) is 6.43. The van der Waals surface area contributed by atoms with E-state index in [0.29, 0.717) is 5.56 Å². The fraction of sp³-hybridized carbons (Fsp3) is 0.154. The molecule has 2 aromatic rings. The summed E-state index contributed by atoms with van der Waals surface area (Å²) in [7, 11) is 0. The molecule has 1 aromatic heterocycles. The van der Waals surface area contributed by atoms with Crippen LogP contribution in [0.15, 0.2) is 40.2 Å². The lowest BCUT2D eigenvalue weighted by molar-refractivity contribution is -0.274. The van der Waals surface area contributed by atoms with Crippen LogP contribution in [0.5, 0.6) is 5.75 Å². The van der Waals surface area contributed by atoms with Gasteiger partial charge in [0.15, 0.2) is 5.78 Å². The molecule has 0 unspecified atom stereocenters. The van der Waals surface area contributed by atoms with Gasteiger partial charge in [0.05, 0.1) is 3.79 Å². The van der Waals surface area contributed by atoms with Crippen LogP contribution in [-0.4, -0.2) is 12.1 Å². The molecule has 0 atom stereocenters. The Morgan fingerprint density at radius 2 is 1.80 bits per heavy atom. The summed E-state index contributed by atoms with van der Waals surface area (Å²) < 4.78 is 40.7. The van der Waals surface area contributed by atoms with Gasteiger partial charge in [-0.05, 0) is 52.3 Å². The molecule has 0 aliphatic heterocycles. The zero-order valence-electron chi connectivity index (χ0n) is 9.91. The first-order valence-electron chi connectivity index (χ1n) is 5.47. The molecule has 0 aliphatic rings. The van der Waals surface area contributed by atoms with Crippen molar-refractivity contribution < 1.29 is 22.7 Å². The number of alkyl halides is 3. The number of hydrogen-bond donors (Lipinski definition) is 0. The number of carbonyl (C=O) groups excluding carboxylic acids is 1. The number of carbonyl (C=O) groups is 1. The summed E-state index contributed by atoms with van der Waals surface area (Å²) in [5.41, 5.74) is 0.351. The molecule has 0 fully saturated rings. The molecule has 106 valence electrons. The molecule has 0 amide bonds. The van der Waals surface area contributed by atoms with Crippen molar-refractivity contribution in [2.45, 2.75) is 12.8 Å². The van der Waals surface area contributed by atoms with Gasteiger partial charge in [-0.1, -0.05) is 0 Å². The van der Waals surface area contributed by atoms with E-state index in [9.17, 15) is 18.0 Å². The number of ether oxygens (including phenoxy) is 1. The predicted molar refractivity (Wildman–Crippen MR) is 73.2 cm³/mol. The van der Waals surface area contributed by atoms with Crippen LogP contribution < -0.4 is 4.74 Å². The topological polar surface area (TPSA) is 26.3 Å². The average Bonchev–Trinajstić information content (AvgIpc) is 2.73. The Labute approximate surface area is 125 Å².